The van der Waals surface area contributed by atoms with Crippen LogP contribution in [0.2, 0.25) is 0 Å². The van der Waals surface area contributed by atoms with E-state index in [0.29, 0.717) is 36.9 Å². The van der Waals surface area contributed by atoms with Crippen molar-refractivity contribution in [3.63, 3.8) is 0 Å². The molecule has 6 heteroatoms. The van der Waals surface area contributed by atoms with E-state index >= 15 is 0 Å². The van der Waals surface area contributed by atoms with Gasteiger partial charge >= 0.3 is 0 Å². The van der Waals surface area contributed by atoms with Crippen molar-refractivity contribution < 1.29 is 13.2 Å². The van der Waals surface area contributed by atoms with E-state index in [1.807, 2.05) is 19.0 Å². The standard InChI is InChI=1S/C6H11NO.C5H11NO2S.C4H10/c1-7-4-2-3-6(8)5-7;1-6-2-4-9(7,8)5-3-6;1-3-4-2/h2-5H2,1H3;2-5H2,1H3;3-4H2,1-2H3. The molecule has 0 aromatic heterocycles. The van der Waals surface area contributed by atoms with Crippen LogP contribution in [-0.4, -0.2) is 75.8 Å². The Kier molecular flexibility index (Phi) is 10.9. The number of unbranched alkanes of at least 4 members (excludes halogenated alkanes) is 1. The Morgan fingerprint density at radius 1 is 0.952 bits per heavy atom. The van der Waals surface area contributed by atoms with Crippen LogP contribution in [0.1, 0.15) is 39.5 Å². The number of Topliss-reactive ketones (excluding diaryl/α,β-unsaturated/α-hetero) is 1. The van der Waals surface area contributed by atoms with Crippen LogP contribution in [0.4, 0.5) is 0 Å². The zero-order valence-corrected chi connectivity index (χ0v) is 14.9. The van der Waals surface area contributed by atoms with Crippen molar-refractivity contribution >= 4 is 15.6 Å². The predicted molar refractivity (Wildman–Crippen MR) is 88.5 cm³/mol. The molecule has 2 saturated heterocycles. The van der Waals surface area contributed by atoms with Gasteiger partial charge in [-0.15, -0.1) is 0 Å². The number of likely N-dealkylation sites (tertiary alicyclic amines) is 1. The minimum absolute atomic E-state index is 0.337. The van der Waals surface area contributed by atoms with Gasteiger partial charge in [0.05, 0.1) is 18.1 Å². The van der Waals surface area contributed by atoms with E-state index < -0.39 is 9.84 Å². The largest absolute Gasteiger partial charge is 0.304 e. The lowest BCUT2D eigenvalue weighted by Crippen LogP contribution is -2.37. The van der Waals surface area contributed by atoms with Crippen molar-refractivity contribution in [2.75, 3.05) is 51.8 Å². The molecule has 0 unspecified atom stereocenters. The van der Waals surface area contributed by atoms with E-state index in [9.17, 15) is 13.2 Å². The van der Waals surface area contributed by atoms with Crippen LogP contribution in [0.15, 0.2) is 0 Å². The molecular formula is C15H32N2O3S. The first-order valence-corrected chi connectivity index (χ1v) is 9.72. The summed E-state index contributed by atoms with van der Waals surface area (Å²) in [7, 11) is 1.27. The Morgan fingerprint density at radius 3 is 1.76 bits per heavy atom. The normalized spacial score (nSPS) is 22.6. The Balaban J connectivity index is 0.000000308. The van der Waals surface area contributed by atoms with Crippen molar-refractivity contribution in [3.05, 3.63) is 0 Å². The highest BCUT2D eigenvalue weighted by Gasteiger charge is 2.18. The average molecular weight is 320 g/mol. The third kappa shape index (κ3) is 11.8. The Bertz CT molecular complexity index is 366. The molecule has 21 heavy (non-hydrogen) atoms. The van der Waals surface area contributed by atoms with E-state index in [1.165, 1.54) is 12.8 Å². The SMILES string of the molecule is CCCC.CN1CCCC(=O)C1.CN1CCS(=O)(=O)CC1. The van der Waals surface area contributed by atoms with Gasteiger partial charge in [0.2, 0.25) is 0 Å². The maximum Gasteiger partial charge on any atom is 0.152 e. The van der Waals surface area contributed by atoms with E-state index in [0.717, 1.165) is 19.4 Å². The van der Waals surface area contributed by atoms with E-state index in [2.05, 4.69) is 18.7 Å². The molecular weight excluding hydrogens is 288 g/mol. The van der Waals surface area contributed by atoms with E-state index in [4.69, 9.17) is 0 Å². The highest BCUT2D eigenvalue weighted by atomic mass is 32.2. The summed E-state index contributed by atoms with van der Waals surface area (Å²) in [6.07, 6.45) is 4.49. The quantitative estimate of drug-likeness (QED) is 0.731. The summed E-state index contributed by atoms with van der Waals surface area (Å²) in [5.41, 5.74) is 0. The second-order valence-corrected chi connectivity index (χ2v) is 8.14. The highest BCUT2D eigenvalue weighted by Crippen LogP contribution is 2.01. The van der Waals surface area contributed by atoms with Gasteiger partial charge in [-0.25, -0.2) is 8.42 Å². The molecule has 2 rings (SSSR count). The first-order chi connectivity index (χ1) is 9.80. The number of piperidine rings is 1. The number of ketones is 1. The maximum atomic E-state index is 10.8. The van der Waals surface area contributed by atoms with Crippen molar-refractivity contribution in [1.29, 1.82) is 0 Å². The number of hydrogen-bond acceptors (Lipinski definition) is 5. The van der Waals surface area contributed by atoms with E-state index in [1.54, 1.807) is 0 Å². The molecule has 0 aromatic carbocycles. The second-order valence-electron chi connectivity index (χ2n) is 5.84. The van der Waals surface area contributed by atoms with Gasteiger partial charge < -0.3 is 4.90 Å². The first kappa shape index (κ1) is 20.5. The fourth-order valence-corrected chi connectivity index (χ4v) is 3.19. The molecule has 0 spiro atoms. The third-order valence-corrected chi connectivity index (χ3v) is 5.12. The van der Waals surface area contributed by atoms with Gasteiger partial charge in [-0.1, -0.05) is 26.7 Å². The summed E-state index contributed by atoms with van der Waals surface area (Å²) in [6, 6.07) is 0. The fourth-order valence-electron chi connectivity index (χ4n) is 1.81. The summed E-state index contributed by atoms with van der Waals surface area (Å²) < 4.78 is 21.5. The topological polar surface area (TPSA) is 57.7 Å². The highest BCUT2D eigenvalue weighted by molar-refractivity contribution is 7.91. The minimum atomic E-state index is -2.66. The summed E-state index contributed by atoms with van der Waals surface area (Å²) in [6.45, 7) is 7.51. The first-order valence-electron chi connectivity index (χ1n) is 7.90. The van der Waals surface area contributed by atoms with Crippen LogP contribution in [0.25, 0.3) is 0 Å². The zero-order chi connectivity index (χ0) is 16.3. The number of likely N-dealkylation sites (N-methyl/N-ethyl adjacent to an activating group) is 1. The number of hydrogen-bond donors (Lipinski definition) is 0. The molecule has 2 aliphatic rings. The van der Waals surface area contributed by atoms with Crippen molar-refractivity contribution in [3.8, 4) is 0 Å². The van der Waals surface area contributed by atoms with E-state index in [-0.39, 0.29) is 0 Å². The van der Waals surface area contributed by atoms with Crippen LogP contribution < -0.4 is 0 Å². The summed E-state index contributed by atoms with van der Waals surface area (Å²) in [5.74, 6) is 1.06. The Hall–Kier alpha value is -0.460. The molecule has 0 aromatic rings. The van der Waals surface area contributed by atoms with Gasteiger partial charge in [0.1, 0.15) is 5.78 Å². The molecule has 0 saturated carbocycles. The van der Waals surface area contributed by atoms with Crippen molar-refractivity contribution in [2.24, 2.45) is 0 Å². The molecule has 2 fully saturated rings. The maximum absolute atomic E-state index is 10.8. The number of carbonyl (C=O) groups excluding carboxylic acids is 1. The number of rotatable bonds is 1. The molecule has 0 N–H and O–H groups in total. The Labute approximate surface area is 130 Å². The number of sulfone groups is 1. The van der Waals surface area contributed by atoms with Crippen LogP contribution in [-0.2, 0) is 14.6 Å². The monoisotopic (exact) mass is 320 g/mol. The molecule has 0 amide bonds. The summed E-state index contributed by atoms with van der Waals surface area (Å²) in [5, 5.41) is 0. The molecule has 0 radical (unpaired) electrons. The van der Waals surface area contributed by atoms with Crippen molar-refractivity contribution in [1.82, 2.24) is 9.80 Å². The van der Waals surface area contributed by atoms with Crippen LogP contribution in [0.3, 0.4) is 0 Å². The average Bonchev–Trinajstić information content (AvgIpc) is 2.43. The van der Waals surface area contributed by atoms with Crippen molar-refractivity contribution in [2.45, 2.75) is 39.5 Å². The molecule has 0 bridgehead atoms. The van der Waals surface area contributed by atoms with Gasteiger partial charge in [-0.05, 0) is 27.1 Å². The molecule has 2 aliphatic heterocycles. The number of nitrogens with zero attached hydrogens (tertiary/aromatic N) is 2. The minimum Gasteiger partial charge on any atom is -0.304 e. The molecule has 2 heterocycles. The van der Waals surface area contributed by atoms with Crippen LogP contribution in [0, 0.1) is 0 Å². The molecule has 0 atom stereocenters. The third-order valence-electron chi connectivity index (χ3n) is 3.51. The molecule has 0 aliphatic carbocycles. The number of carbonyl (C=O) groups is 1. The Morgan fingerprint density at radius 2 is 1.48 bits per heavy atom. The van der Waals surface area contributed by atoms with Gasteiger partial charge in [0, 0.05) is 19.5 Å². The lowest BCUT2D eigenvalue weighted by Gasteiger charge is -2.21. The fraction of sp³-hybridized carbons (Fsp3) is 0.933. The molecule has 5 nitrogen and oxygen atoms in total. The predicted octanol–water partition coefficient (Wildman–Crippen LogP) is 1.43. The zero-order valence-electron chi connectivity index (χ0n) is 14.1. The van der Waals surface area contributed by atoms with Gasteiger partial charge in [-0.3, -0.25) is 9.69 Å². The molecule has 126 valence electrons. The van der Waals surface area contributed by atoms with Gasteiger partial charge in [0.25, 0.3) is 0 Å². The lowest BCUT2D eigenvalue weighted by molar-refractivity contribution is -0.121. The summed E-state index contributed by atoms with van der Waals surface area (Å²) in [4.78, 5) is 14.7. The summed E-state index contributed by atoms with van der Waals surface area (Å²) >= 11 is 0. The van der Waals surface area contributed by atoms with Gasteiger partial charge in [0.15, 0.2) is 9.84 Å². The lowest BCUT2D eigenvalue weighted by atomic mass is 10.1. The second kappa shape index (κ2) is 11.2. The van der Waals surface area contributed by atoms with Crippen LogP contribution >= 0.6 is 0 Å². The van der Waals surface area contributed by atoms with Crippen LogP contribution in [0.5, 0.6) is 0 Å². The van der Waals surface area contributed by atoms with Gasteiger partial charge in [-0.2, -0.15) is 0 Å². The smallest absolute Gasteiger partial charge is 0.152 e.